The molecule has 0 radical (unpaired) electrons. The van der Waals surface area contributed by atoms with Crippen molar-refractivity contribution >= 4 is 15.9 Å². The van der Waals surface area contributed by atoms with Crippen LogP contribution in [-0.4, -0.2) is 74.2 Å². The summed E-state index contributed by atoms with van der Waals surface area (Å²) in [6, 6.07) is 1.82. The fourth-order valence-electron chi connectivity index (χ4n) is 3.03. The molecule has 2 heterocycles. The molecule has 1 aromatic heterocycles. The molecule has 1 aliphatic heterocycles. The molecule has 0 saturated carbocycles. The van der Waals surface area contributed by atoms with E-state index in [4.69, 9.17) is 4.74 Å². The first-order valence-electron chi connectivity index (χ1n) is 8.11. The van der Waals surface area contributed by atoms with Gasteiger partial charge in [-0.25, -0.2) is 8.42 Å². The highest BCUT2D eigenvalue weighted by molar-refractivity contribution is 7.88. The zero-order chi connectivity index (χ0) is 18.8. The highest BCUT2D eigenvalue weighted by Crippen LogP contribution is 2.13. The van der Waals surface area contributed by atoms with Crippen LogP contribution >= 0.6 is 0 Å². The van der Waals surface area contributed by atoms with Crippen molar-refractivity contribution in [2.75, 3.05) is 46.2 Å². The van der Waals surface area contributed by atoms with Gasteiger partial charge in [0, 0.05) is 45.5 Å². The Morgan fingerprint density at radius 2 is 1.80 bits per heavy atom. The van der Waals surface area contributed by atoms with Crippen LogP contribution in [0.15, 0.2) is 10.9 Å². The van der Waals surface area contributed by atoms with Gasteiger partial charge in [-0.15, -0.1) is 0 Å². The van der Waals surface area contributed by atoms with Gasteiger partial charge < -0.3 is 14.2 Å². The van der Waals surface area contributed by atoms with E-state index >= 15 is 0 Å². The fourth-order valence-corrected chi connectivity index (χ4v) is 3.86. The average Bonchev–Trinajstić information content (AvgIpc) is 2.53. The first-order chi connectivity index (χ1) is 11.7. The maximum atomic E-state index is 12.8. The summed E-state index contributed by atoms with van der Waals surface area (Å²) in [6.07, 6.45) is 1.16. The highest BCUT2D eigenvalue weighted by Gasteiger charge is 2.29. The topological polar surface area (TPSA) is 88.9 Å². The van der Waals surface area contributed by atoms with Gasteiger partial charge in [0.15, 0.2) is 0 Å². The van der Waals surface area contributed by atoms with E-state index in [1.807, 2.05) is 13.0 Å². The molecule has 0 aliphatic carbocycles. The molecule has 0 N–H and O–H groups in total. The lowest BCUT2D eigenvalue weighted by molar-refractivity contribution is 0.0694. The third-order valence-electron chi connectivity index (χ3n) is 4.43. The van der Waals surface area contributed by atoms with Crippen LogP contribution in [0.3, 0.4) is 0 Å². The fraction of sp³-hybridized carbons (Fsp3) is 0.625. The summed E-state index contributed by atoms with van der Waals surface area (Å²) < 4.78 is 31.1. The van der Waals surface area contributed by atoms with Crippen molar-refractivity contribution in [2.24, 2.45) is 0 Å². The minimum absolute atomic E-state index is 0.148. The molecule has 1 saturated heterocycles. The molecule has 2 rings (SSSR count). The van der Waals surface area contributed by atoms with E-state index in [0.717, 1.165) is 11.9 Å². The van der Waals surface area contributed by atoms with Crippen LogP contribution in [0.1, 0.15) is 21.6 Å². The van der Waals surface area contributed by atoms with Crippen molar-refractivity contribution in [3.63, 3.8) is 0 Å². The lowest BCUT2D eigenvalue weighted by Gasteiger charge is -2.33. The molecular weight excluding hydrogens is 346 g/mol. The quantitative estimate of drug-likeness (QED) is 0.717. The van der Waals surface area contributed by atoms with Gasteiger partial charge in [-0.05, 0) is 25.5 Å². The minimum Gasteiger partial charge on any atom is -0.383 e. The van der Waals surface area contributed by atoms with Gasteiger partial charge in [-0.3, -0.25) is 9.59 Å². The predicted octanol–water partition coefficient (Wildman–Crippen LogP) is -0.171. The number of sulfonamides is 1. The summed E-state index contributed by atoms with van der Waals surface area (Å²) in [5, 5.41) is 0. The number of rotatable bonds is 5. The van der Waals surface area contributed by atoms with Gasteiger partial charge in [0.05, 0.1) is 12.9 Å². The van der Waals surface area contributed by atoms with E-state index in [1.54, 1.807) is 18.9 Å². The number of nitrogens with zero attached hydrogens (tertiary/aromatic N) is 3. The molecule has 9 heteroatoms. The van der Waals surface area contributed by atoms with Crippen LogP contribution in [0.2, 0.25) is 0 Å². The predicted molar refractivity (Wildman–Crippen MR) is 94.4 cm³/mol. The maximum Gasteiger partial charge on any atom is 0.263 e. The van der Waals surface area contributed by atoms with E-state index in [2.05, 4.69) is 0 Å². The lowest BCUT2D eigenvalue weighted by Crippen LogP contribution is -2.51. The third-order valence-corrected chi connectivity index (χ3v) is 5.74. The molecule has 0 unspecified atom stereocenters. The van der Waals surface area contributed by atoms with Gasteiger partial charge >= 0.3 is 0 Å². The van der Waals surface area contributed by atoms with Crippen LogP contribution in [0, 0.1) is 13.8 Å². The third kappa shape index (κ3) is 4.28. The number of ether oxygens (including phenoxy) is 1. The molecule has 0 spiro atoms. The van der Waals surface area contributed by atoms with Crippen LogP contribution in [0.25, 0.3) is 0 Å². The second kappa shape index (κ2) is 7.67. The number of carbonyl (C=O) groups excluding carboxylic acids is 1. The zero-order valence-corrected chi connectivity index (χ0v) is 15.9. The van der Waals surface area contributed by atoms with Gasteiger partial charge in [0.2, 0.25) is 10.0 Å². The van der Waals surface area contributed by atoms with Gasteiger partial charge in [0.1, 0.15) is 5.56 Å². The summed E-state index contributed by atoms with van der Waals surface area (Å²) in [4.78, 5) is 27.2. The number of carbonyl (C=O) groups is 1. The largest absolute Gasteiger partial charge is 0.383 e. The number of piperazine rings is 1. The molecule has 1 aromatic rings. The molecule has 1 amide bonds. The molecule has 140 valence electrons. The number of aryl methyl sites for hydroxylation is 2. The summed E-state index contributed by atoms with van der Waals surface area (Å²) >= 11 is 0. The van der Waals surface area contributed by atoms with E-state index in [-0.39, 0.29) is 43.2 Å². The molecule has 0 bridgehead atoms. The van der Waals surface area contributed by atoms with Crippen LogP contribution in [-0.2, 0) is 21.3 Å². The molecule has 25 heavy (non-hydrogen) atoms. The molecule has 1 aliphatic rings. The zero-order valence-electron chi connectivity index (χ0n) is 15.1. The van der Waals surface area contributed by atoms with Crippen molar-refractivity contribution in [3.05, 3.63) is 33.2 Å². The Balaban J connectivity index is 2.27. The van der Waals surface area contributed by atoms with E-state index in [0.29, 0.717) is 18.7 Å². The van der Waals surface area contributed by atoms with Crippen LogP contribution in [0.4, 0.5) is 0 Å². The number of amides is 1. The smallest absolute Gasteiger partial charge is 0.263 e. The van der Waals surface area contributed by atoms with E-state index < -0.39 is 10.0 Å². The number of methoxy groups -OCH3 is 1. The Kier molecular flexibility index (Phi) is 6.02. The SMILES string of the molecule is COCCn1c(C)cc(C)c(C(=O)N2CCN(S(C)(=O)=O)CC2)c1=O. The molecule has 1 fully saturated rings. The van der Waals surface area contributed by atoms with Crippen molar-refractivity contribution in [1.29, 1.82) is 0 Å². The molecular formula is C16H25N3O5S. The summed E-state index contributed by atoms with van der Waals surface area (Å²) in [6.45, 7) is 5.36. The highest BCUT2D eigenvalue weighted by atomic mass is 32.2. The first kappa shape index (κ1) is 19.6. The maximum absolute atomic E-state index is 12.8. The monoisotopic (exact) mass is 371 g/mol. The minimum atomic E-state index is -3.26. The summed E-state index contributed by atoms with van der Waals surface area (Å²) in [5.74, 6) is -0.346. The number of hydrogen-bond donors (Lipinski definition) is 0. The molecule has 0 atom stereocenters. The first-order valence-corrected chi connectivity index (χ1v) is 9.96. The number of hydrogen-bond acceptors (Lipinski definition) is 5. The van der Waals surface area contributed by atoms with Gasteiger partial charge in [-0.2, -0.15) is 4.31 Å². The normalized spacial score (nSPS) is 16.2. The average molecular weight is 371 g/mol. The van der Waals surface area contributed by atoms with E-state index in [1.165, 1.54) is 8.87 Å². The van der Waals surface area contributed by atoms with Crippen molar-refractivity contribution in [3.8, 4) is 0 Å². The Morgan fingerprint density at radius 3 is 2.32 bits per heavy atom. The number of aromatic nitrogens is 1. The second-order valence-corrected chi connectivity index (χ2v) is 8.23. The Bertz CT molecular complexity index is 808. The van der Waals surface area contributed by atoms with Crippen LogP contribution in [0.5, 0.6) is 0 Å². The second-order valence-electron chi connectivity index (χ2n) is 6.25. The molecule has 0 aromatic carbocycles. The molecule has 8 nitrogen and oxygen atoms in total. The summed E-state index contributed by atoms with van der Waals surface area (Å²) in [7, 11) is -1.71. The standard InChI is InChI=1S/C16H25N3O5S/c1-12-11-13(2)19(9-10-24-3)16(21)14(12)15(20)17-5-7-18(8-6-17)25(4,22)23/h11H,5-10H2,1-4H3. The van der Waals surface area contributed by atoms with Gasteiger partial charge in [0.25, 0.3) is 11.5 Å². The Hall–Kier alpha value is -1.71. The van der Waals surface area contributed by atoms with E-state index in [9.17, 15) is 18.0 Å². The number of pyridine rings is 1. The summed E-state index contributed by atoms with van der Waals surface area (Å²) in [5.41, 5.74) is 1.23. The lowest BCUT2D eigenvalue weighted by atomic mass is 10.1. The van der Waals surface area contributed by atoms with Crippen LogP contribution < -0.4 is 5.56 Å². The van der Waals surface area contributed by atoms with Crippen molar-refractivity contribution < 1.29 is 17.9 Å². The Labute approximate surface area is 148 Å². The van der Waals surface area contributed by atoms with Crippen molar-refractivity contribution in [2.45, 2.75) is 20.4 Å². The van der Waals surface area contributed by atoms with Crippen molar-refractivity contribution in [1.82, 2.24) is 13.8 Å². The van der Waals surface area contributed by atoms with Gasteiger partial charge in [-0.1, -0.05) is 0 Å². The Morgan fingerprint density at radius 1 is 1.20 bits per heavy atom.